The lowest BCUT2D eigenvalue weighted by Gasteiger charge is -2.13. The smallest absolute Gasteiger partial charge is 0.449 e. The van der Waals surface area contributed by atoms with Crippen molar-refractivity contribution in [2.24, 2.45) is 0 Å². The van der Waals surface area contributed by atoms with E-state index in [1.165, 1.54) is 24.3 Å². The van der Waals surface area contributed by atoms with Crippen LogP contribution in [0.2, 0.25) is 5.02 Å². The van der Waals surface area contributed by atoms with Crippen LogP contribution in [0.15, 0.2) is 53.4 Å². The van der Waals surface area contributed by atoms with Gasteiger partial charge in [-0.3, -0.25) is 0 Å². The first kappa shape index (κ1) is 19.1. The molecule has 0 aliphatic heterocycles. The molecule has 0 bridgehead atoms. The van der Waals surface area contributed by atoms with Gasteiger partial charge in [-0.2, -0.15) is 13.2 Å². The van der Waals surface area contributed by atoms with Crippen molar-refractivity contribution >= 4 is 38.7 Å². The molecular weight excluding hydrogens is 411 g/mol. The van der Waals surface area contributed by atoms with E-state index in [0.29, 0.717) is 16.1 Å². The fourth-order valence-corrected chi connectivity index (χ4v) is 4.33. The van der Waals surface area contributed by atoms with Gasteiger partial charge in [-0.25, -0.2) is 17.2 Å². The van der Waals surface area contributed by atoms with E-state index in [9.17, 15) is 26.4 Å². The molecule has 0 amide bonds. The fourth-order valence-electron chi connectivity index (χ4n) is 2.50. The van der Waals surface area contributed by atoms with Gasteiger partial charge in [0.1, 0.15) is 5.02 Å². The number of rotatable bonds is 3. The minimum atomic E-state index is -4.76. The molecule has 3 aromatic rings. The highest BCUT2D eigenvalue weighted by atomic mass is 35.5. The van der Waals surface area contributed by atoms with Crippen molar-refractivity contribution in [3.05, 3.63) is 59.1 Å². The highest BCUT2D eigenvalue weighted by Crippen LogP contribution is 2.40. The molecule has 11 heteroatoms. The zero-order chi connectivity index (χ0) is 20.0. The molecule has 1 heterocycles. The lowest BCUT2D eigenvalue weighted by atomic mass is 10.2. The van der Waals surface area contributed by atoms with Gasteiger partial charge in [0.05, 0.1) is 16.0 Å². The van der Waals surface area contributed by atoms with Crippen LogP contribution in [0.3, 0.4) is 0 Å². The molecule has 27 heavy (non-hydrogen) atoms. The number of ether oxygens (including phenoxy) is 1. The number of para-hydroxylation sites is 1. The van der Waals surface area contributed by atoms with Crippen molar-refractivity contribution in [2.45, 2.75) is 11.1 Å². The first-order valence-electron chi connectivity index (χ1n) is 7.16. The number of carbonyl (C=O) groups is 1. The van der Waals surface area contributed by atoms with Crippen LogP contribution >= 0.6 is 11.6 Å². The Bertz CT molecular complexity index is 1150. The zero-order valence-corrected chi connectivity index (χ0v) is 14.6. The maximum Gasteiger partial charge on any atom is 0.512 e. The topological polar surface area (TPSA) is 85.6 Å². The standard InChI is InChI=1S/C16H9ClF3NO5S/c17-13-11-6-1-2-7-12(11)21(14(13)26-15(22)23)27(24,25)10-5-3-4-9(8-10)16(18,19)20/h1-8H,(H,22,23). The molecule has 0 saturated carbocycles. The van der Waals surface area contributed by atoms with Crippen LogP contribution in [0.5, 0.6) is 5.88 Å². The first-order chi connectivity index (χ1) is 12.5. The van der Waals surface area contributed by atoms with Gasteiger partial charge in [0.2, 0.25) is 5.88 Å². The molecule has 0 atom stereocenters. The SMILES string of the molecule is O=C(O)Oc1c(Cl)c2ccccc2n1S(=O)(=O)c1cccc(C(F)(F)F)c1. The Morgan fingerprint density at radius 1 is 1.11 bits per heavy atom. The summed E-state index contributed by atoms with van der Waals surface area (Å²) in [5.41, 5.74) is -1.22. The van der Waals surface area contributed by atoms with Gasteiger partial charge in [-0.1, -0.05) is 35.9 Å². The number of hydrogen-bond donors (Lipinski definition) is 1. The van der Waals surface area contributed by atoms with Gasteiger partial charge in [-0.15, -0.1) is 0 Å². The van der Waals surface area contributed by atoms with E-state index in [0.717, 1.165) is 12.1 Å². The summed E-state index contributed by atoms with van der Waals surface area (Å²) >= 11 is 6.05. The zero-order valence-electron chi connectivity index (χ0n) is 13.1. The van der Waals surface area contributed by atoms with E-state index in [2.05, 4.69) is 4.74 Å². The van der Waals surface area contributed by atoms with E-state index < -0.39 is 38.7 Å². The lowest BCUT2D eigenvalue weighted by molar-refractivity contribution is -0.137. The van der Waals surface area contributed by atoms with Crippen LogP contribution in [-0.4, -0.2) is 23.7 Å². The van der Waals surface area contributed by atoms with Crippen molar-refractivity contribution in [3.8, 4) is 5.88 Å². The Morgan fingerprint density at radius 2 is 1.78 bits per heavy atom. The van der Waals surface area contributed by atoms with Gasteiger partial charge >= 0.3 is 12.3 Å². The van der Waals surface area contributed by atoms with E-state index >= 15 is 0 Å². The molecule has 0 saturated heterocycles. The minimum Gasteiger partial charge on any atom is -0.449 e. The van der Waals surface area contributed by atoms with Crippen molar-refractivity contribution in [3.63, 3.8) is 0 Å². The molecule has 0 aliphatic rings. The summed E-state index contributed by atoms with van der Waals surface area (Å²) in [4.78, 5) is 10.3. The second kappa shape index (κ2) is 6.46. The van der Waals surface area contributed by atoms with E-state index in [1.807, 2.05) is 0 Å². The van der Waals surface area contributed by atoms with Crippen molar-refractivity contribution in [1.29, 1.82) is 0 Å². The van der Waals surface area contributed by atoms with Crippen molar-refractivity contribution in [1.82, 2.24) is 3.97 Å². The van der Waals surface area contributed by atoms with E-state index in [1.54, 1.807) is 0 Å². The quantitative estimate of drug-likeness (QED) is 0.627. The van der Waals surface area contributed by atoms with Crippen molar-refractivity contribution < 1.29 is 36.2 Å². The van der Waals surface area contributed by atoms with Crippen LogP contribution in [-0.2, 0) is 16.2 Å². The summed E-state index contributed by atoms with van der Waals surface area (Å²) in [5, 5.41) is 8.75. The van der Waals surface area contributed by atoms with Gasteiger partial charge in [0.25, 0.3) is 10.0 Å². The number of carboxylic acid groups (broad SMARTS) is 1. The number of fused-ring (bicyclic) bond motifs is 1. The predicted molar refractivity (Wildman–Crippen MR) is 89.6 cm³/mol. The van der Waals surface area contributed by atoms with Gasteiger partial charge < -0.3 is 9.84 Å². The second-order valence-electron chi connectivity index (χ2n) is 5.30. The number of hydrogen-bond acceptors (Lipinski definition) is 4. The molecule has 0 unspecified atom stereocenters. The summed E-state index contributed by atoms with van der Waals surface area (Å²) < 4.78 is 69.8. The number of alkyl halides is 3. The van der Waals surface area contributed by atoms with Crippen LogP contribution in [0.4, 0.5) is 18.0 Å². The molecule has 0 aliphatic carbocycles. The Balaban J connectivity index is 2.32. The molecule has 0 spiro atoms. The number of benzene rings is 2. The summed E-state index contributed by atoms with van der Waals surface area (Å²) in [7, 11) is -4.66. The highest BCUT2D eigenvalue weighted by molar-refractivity contribution is 7.90. The first-order valence-corrected chi connectivity index (χ1v) is 8.98. The Hall–Kier alpha value is -2.72. The third-order valence-corrected chi connectivity index (χ3v) is 5.67. The highest BCUT2D eigenvalue weighted by Gasteiger charge is 2.34. The third-order valence-electron chi connectivity index (χ3n) is 3.62. The third kappa shape index (κ3) is 3.33. The molecule has 0 fully saturated rings. The number of aromatic nitrogens is 1. The largest absolute Gasteiger partial charge is 0.512 e. The second-order valence-corrected chi connectivity index (χ2v) is 7.46. The molecule has 142 valence electrons. The summed E-state index contributed by atoms with van der Waals surface area (Å²) in [6.45, 7) is 0. The normalized spacial score (nSPS) is 12.3. The molecule has 0 radical (unpaired) electrons. The van der Waals surface area contributed by atoms with Crippen LogP contribution in [0.25, 0.3) is 10.9 Å². The van der Waals surface area contributed by atoms with Crippen LogP contribution in [0.1, 0.15) is 5.56 Å². The summed E-state index contributed by atoms with van der Waals surface area (Å²) in [6, 6.07) is 8.78. The minimum absolute atomic E-state index is 0.0452. The van der Waals surface area contributed by atoms with Crippen LogP contribution in [0, 0.1) is 0 Å². The fraction of sp³-hybridized carbons (Fsp3) is 0.0625. The molecule has 1 N–H and O–H groups in total. The van der Waals surface area contributed by atoms with Gasteiger partial charge in [0.15, 0.2) is 0 Å². The molecule has 3 rings (SSSR count). The van der Waals surface area contributed by atoms with E-state index in [4.69, 9.17) is 16.7 Å². The molecule has 1 aromatic heterocycles. The molecular formula is C16H9ClF3NO5S. The van der Waals surface area contributed by atoms with Gasteiger partial charge in [0, 0.05) is 5.39 Å². The average Bonchev–Trinajstić information content (AvgIpc) is 2.87. The number of halogens is 4. The Morgan fingerprint density at radius 3 is 2.41 bits per heavy atom. The van der Waals surface area contributed by atoms with Crippen LogP contribution < -0.4 is 4.74 Å². The monoisotopic (exact) mass is 419 g/mol. The molecule has 2 aromatic carbocycles. The Kier molecular flexibility index (Phi) is 4.56. The predicted octanol–water partition coefficient (Wildman–Crippen LogP) is 4.61. The summed E-state index contributed by atoms with van der Waals surface area (Å²) in [6.07, 6.45) is -6.59. The lowest BCUT2D eigenvalue weighted by Crippen LogP contribution is -2.17. The average molecular weight is 420 g/mol. The summed E-state index contributed by atoms with van der Waals surface area (Å²) in [5.74, 6) is -0.734. The maximum atomic E-state index is 13.0. The number of nitrogens with zero attached hydrogens (tertiary/aromatic N) is 1. The van der Waals surface area contributed by atoms with Crippen molar-refractivity contribution in [2.75, 3.05) is 0 Å². The van der Waals surface area contributed by atoms with E-state index in [-0.39, 0.29) is 15.9 Å². The Labute approximate surface area is 155 Å². The maximum absolute atomic E-state index is 13.0. The molecule has 6 nitrogen and oxygen atoms in total. The van der Waals surface area contributed by atoms with Gasteiger partial charge in [-0.05, 0) is 24.3 Å².